The van der Waals surface area contributed by atoms with Gasteiger partial charge in [-0.15, -0.1) is 0 Å². The molecule has 1 aliphatic heterocycles. The van der Waals surface area contributed by atoms with Gasteiger partial charge in [0.1, 0.15) is 24.4 Å². The van der Waals surface area contributed by atoms with E-state index in [4.69, 9.17) is 31.3 Å². The molecule has 1 aliphatic rings. The zero-order chi connectivity index (χ0) is 14.4. The Morgan fingerprint density at radius 2 is 1.53 bits per heavy atom. The first-order valence-corrected chi connectivity index (χ1v) is 5.76. The van der Waals surface area contributed by atoms with E-state index in [0.29, 0.717) is 0 Å². The number of rotatable bonds is 1. The molecule has 2 rings (SSSR count). The molecule has 5 atom stereocenters. The fourth-order valence-electron chi connectivity index (χ4n) is 1.53. The van der Waals surface area contributed by atoms with E-state index in [1.54, 1.807) is 0 Å². The van der Waals surface area contributed by atoms with Crippen LogP contribution in [-0.4, -0.2) is 62.8 Å². The number of nitrogens with two attached hydrogens (primary N) is 1. The van der Waals surface area contributed by atoms with Crippen LogP contribution in [0, 0.1) is 0 Å². The lowest BCUT2D eigenvalue weighted by molar-refractivity contribution is -0.286. The first-order chi connectivity index (χ1) is 8.97. The van der Waals surface area contributed by atoms with Crippen LogP contribution in [0.25, 0.3) is 0 Å². The minimum atomic E-state index is -1.57. The van der Waals surface area contributed by atoms with Gasteiger partial charge in [-0.2, -0.15) is 0 Å². The largest absolute Gasteiger partial charge is 0.399 e. The lowest BCUT2D eigenvalue weighted by Crippen LogP contribution is -2.58. The van der Waals surface area contributed by atoms with Crippen molar-refractivity contribution in [3.63, 3.8) is 0 Å². The van der Waals surface area contributed by atoms with Gasteiger partial charge in [-0.05, 0) is 12.1 Å². The molecular formula is C12H19NO6. The smallest absolute Gasteiger partial charge is 0.184 e. The normalized spacial score (nSPS) is 34.3. The van der Waals surface area contributed by atoms with Crippen LogP contribution in [0.3, 0.4) is 0 Å². The summed E-state index contributed by atoms with van der Waals surface area (Å²) >= 11 is 0. The molecule has 7 N–H and O–H groups in total. The Morgan fingerprint density at radius 3 is 1.95 bits per heavy atom. The fourth-order valence-corrected chi connectivity index (χ4v) is 1.53. The van der Waals surface area contributed by atoms with E-state index in [-0.39, 0.29) is 0 Å². The van der Waals surface area contributed by atoms with E-state index in [1.807, 2.05) is 30.3 Å². The molecule has 0 amide bonds. The summed E-state index contributed by atoms with van der Waals surface area (Å²) in [4.78, 5) is 0. The number of para-hydroxylation sites is 1. The van der Waals surface area contributed by atoms with Gasteiger partial charge in [0, 0.05) is 5.69 Å². The second kappa shape index (κ2) is 7.39. The number of hydrogen-bond acceptors (Lipinski definition) is 7. The molecule has 0 aliphatic carbocycles. The van der Waals surface area contributed by atoms with Crippen molar-refractivity contribution in [3.8, 4) is 0 Å². The highest BCUT2D eigenvalue weighted by atomic mass is 16.6. The molecule has 1 heterocycles. The lowest BCUT2D eigenvalue weighted by atomic mass is 10.00. The van der Waals surface area contributed by atoms with Crippen molar-refractivity contribution in [2.24, 2.45) is 0 Å². The van der Waals surface area contributed by atoms with E-state index in [9.17, 15) is 0 Å². The highest BCUT2D eigenvalue weighted by Gasteiger charge is 2.42. The Balaban J connectivity index is 0.000000218. The van der Waals surface area contributed by atoms with Crippen molar-refractivity contribution in [1.29, 1.82) is 0 Å². The van der Waals surface area contributed by atoms with Gasteiger partial charge in [0.2, 0.25) is 0 Å². The molecule has 0 bridgehead atoms. The maximum Gasteiger partial charge on any atom is 0.184 e. The van der Waals surface area contributed by atoms with E-state index >= 15 is 0 Å². The highest BCUT2D eigenvalue weighted by molar-refractivity contribution is 5.35. The minimum Gasteiger partial charge on any atom is -0.399 e. The average Bonchev–Trinajstić information content (AvgIpc) is 2.42. The quantitative estimate of drug-likeness (QED) is 0.327. The molecule has 1 unspecified atom stereocenters. The Hall–Kier alpha value is -1.22. The van der Waals surface area contributed by atoms with E-state index < -0.39 is 37.3 Å². The summed E-state index contributed by atoms with van der Waals surface area (Å²) in [6, 6.07) is 9.49. The van der Waals surface area contributed by atoms with E-state index in [0.717, 1.165) is 5.69 Å². The van der Waals surface area contributed by atoms with Crippen molar-refractivity contribution in [2.75, 3.05) is 12.3 Å². The third-order valence-electron chi connectivity index (χ3n) is 2.67. The molecule has 1 saturated heterocycles. The van der Waals surface area contributed by atoms with Gasteiger partial charge in [0.05, 0.1) is 6.61 Å². The maximum atomic E-state index is 9.12. The number of hydrogen-bond donors (Lipinski definition) is 6. The predicted molar refractivity (Wildman–Crippen MR) is 66.8 cm³/mol. The summed E-state index contributed by atoms with van der Waals surface area (Å²) in [5, 5.41) is 44.7. The summed E-state index contributed by atoms with van der Waals surface area (Å²) in [6.07, 6.45) is -7.04. The SMILES string of the molecule is Nc1ccccc1.OC[C@H]1OC(O)[C@H](O)[C@@H](O)[C@H]1O. The molecule has 0 radical (unpaired) electrons. The summed E-state index contributed by atoms with van der Waals surface area (Å²) in [5.74, 6) is 0. The minimum absolute atomic E-state index is 0.526. The zero-order valence-corrected chi connectivity index (χ0v) is 10.2. The zero-order valence-electron chi connectivity index (χ0n) is 10.2. The number of aliphatic hydroxyl groups excluding tert-OH is 5. The monoisotopic (exact) mass is 273 g/mol. The molecule has 19 heavy (non-hydrogen) atoms. The molecule has 1 fully saturated rings. The van der Waals surface area contributed by atoms with Gasteiger partial charge in [0.15, 0.2) is 6.29 Å². The van der Waals surface area contributed by atoms with Crippen molar-refractivity contribution in [2.45, 2.75) is 30.7 Å². The fraction of sp³-hybridized carbons (Fsp3) is 0.500. The van der Waals surface area contributed by atoms with Gasteiger partial charge >= 0.3 is 0 Å². The molecule has 7 heteroatoms. The molecule has 1 aromatic carbocycles. The van der Waals surface area contributed by atoms with Crippen LogP contribution in [0.15, 0.2) is 30.3 Å². The van der Waals surface area contributed by atoms with Crippen LogP contribution in [0.1, 0.15) is 0 Å². The van der Waals surface area contributed by atoms with Crippen molar-refractivity contribution in [1.82, 2.24) is 0 Å². The van der Waals surface area contributed by atoms with Crippen molar-refractivity contribution < 1.29 is 30.3 Å². The first kappa shape index (κ1) is 15.8. The number of benzene rings is 1. The summed E-state index contributed by atoms with van der Waals surface area (Å²) < 4.78 is 4.58. The number of aliphatic hydroxyl groups is 5. The third kappa shape index (κ3) is 4.43. The van der Waals surface area contributed by atoms with E-state index in [1.165, 1.54) is 0 Å². The van der Waals surface area contributed by atoms with Crippen LogP contribution >= 0.6 is 0 Å². The number of ether oxygens (including phenoxy) is 1. The molecule has 7 nitrogen and oxygen atoms in total. The van der Waals surface area contributed by atoms with Gasteiger partial charge < -0.3 is 36.0 Å². The van der Waals surface area contributed by atoms with Crippen molar-refractivity contribution >= 4 is 5.69 Å². The molecule has 0 saturated carbocycles. The predicted octanol–water partition coefficient (Wildman–Crippen LogP) is -1.95. The second-order valence-corrected chi connectivity index (χ2v) is 4.13. The van der Waals surface area contributed by atoms with Gasteiger partial charge in [-0.1, -0.05) is 18.2 Å². The Kier molecular flexibility index (Phi) is 6.16. The van der Waals surface area contributed by atoms with Crippen LogP contribution in [-0.2, 0) is 4.74 Å². The van der Waals surface area contributed by atoms with E-state index in [2.05, 4.69) is 4.74 Å². The maximum absolute atomic E-state index is 9.12. The van der Waals surface area contributed by atoms with Gasteiger partial charge in [0.25, 0.3) is 0 Å². The molecular weight excluding hydrogens is 254 g/mol. The van der Waals surface area contributed by atoms with Crippen LogP contribution < -0.4 is 5.73 Å². The third-order valence-corrected chi connectivity index (χ3v) is 2.67. The Bertz CT molecular complexity index is 358. The molecule has 108 valence electrons. The number of anilines is 1. The standard InChI is InChI=1S/C6H7N.C6H12O6/c7-6-4-2-1-3-5-6;7-1-2-3(8)4(9)5(10)6(11)12-2/h1-5H,7H2;2-11H,1H2/t;2-,3+,4+,5-,6?/m.1/s1. The lowest BCUT2D eigenvalue weighted by Gasteiger charge is -2.37. The molecule has 1 aromatic rings. The molecule has 0 aromatic heterocycles. The van der Waals surface area contributed by atoms with Crippen LogP contribution in [0.2, 0.25) is 0 Å². The van der Waals surface area contributed by atoms with Crippen molar-refractivity contribution in [3.05, 3.63) is 30.3 Å². The summed E-state index contributed by atoms with van der Waals surface area (Å²) in [5.41, 5.74) is 6.18. The van der Waals surface area contributed by atoms with Crippen LogP contribution in [0.4, 0.5) is 5.69 Å². The number of nitrogen functional groups attached to an aromatic ring is 1. The first-order valence-electron chi connectivity index (χ1n) is 5.76. The average molecular weight is 273 g/mol. The van der Waals surface area contributed by atoms with Gasteiger partial charge in [-0.3, -0.25) is 0 Å². The van der Waals surface area contributed by atoms with Gasteiger partial charge in [-0.25, -0.2) is 0 Å². The Labute approximate surface area is 110 Å². The summed E-state index contributed by atoms with van der Waals surface area (Å²) in [6.45, 7) is -0.526. The topological polar surface area (TPSA) is 136 Å². The summed E-state index contributed by atoms with van der Waals surface area (Å²) in [7, 11) is 0. The molecule has 0 spiro atoms. The van der Waals surface area contributed by atoms with Crippen LogP contribution in [0.5, 0.6) is 0 Å². The Morgan fingerprint density at radius 1 is 0.947 bits per heavy atom. The second-order valence-electron chi connectivity index (χ2n) is 4.13. The highest BCUT2D eigenvalue weighted by Crippen LogP contribution is 2.18.